The van der Waals surface area contributed by atoms with Crippen LogP contribution in [-0.4, -0.2) is 71.4 Å². The van der Waals surface area contributed by atoms with Gasteiger partial charge < -0.3 is 19.9 Å². The summed E-state index contributed by atoms with van der Waals surface area (Å²) in [5.74, 6) is 1.91. The zero-order valence-corrected chi connectivity index (χ0v) is 22.0. The highest BCUT2D eigenvalue weighted by atomic mass is 16.5. The van der Waals surface area contributed by atoms with Crippen LogP contribution >= 0.6 is 0 Å². The van der Waals surface area contributed by atoms with Crippen molar-refractivity contribution in [1.29, 1.82) is 0 Å². The molecule has 1 aliphatic heterocycles. The van der Waals surface area contributed by atoms with E-state index in [-0.39, 0.29) is 0 Å². The summed E-state index contributed by atoms with van der Waals surface area (Å²) in [4.78, 5) is 12.0. The molecular formula is C29H42N6O. The van der Waals surface area contributed by atoms with Crippen molar-refractivity contribution in [2.75, 3.05) is 51.3 Å². The number of ether oxygens (including phenoxy) is 1. The number of nitrogens with zero attached hydrogens (tertiary/aromatic N) is 4. The molecule has 0 bridgehead atoms. The predicted molar refractivity (Wildman–Crippen MR) is 147 cm³/mol. The van der Waals surface area contributed by atoms with Gasteiger partial charge in [0.05, 0.1) is 19.8 Å². The van der Waals surface area contributed by atoms with Crippen LogP contribution < -0.4 is 10.6 Å². The largest absolute Gasteiger partial charge is 0.382 e. The zero-order chi connectivity index (χ0) is 24.7. The first kappa shape index (κ1) is 25.2. The van der Waals surface area contributed by atoms with Gasteiger partial charge in [-0.3, -0.25) is 4.90 Å². The van der Waals surface area contributed by atoms with Crippen LogP contribution in [0.3, 0.4) is 0 Å². The highest BCUT2D eigenvalue weighted by Gasteiger charge is 2.21. The second-order valence-corrected chi connectivity index (χ2v) is 10.5. The van der Waals surface area contributed by atoms with E-state index >= 15 is 0 Å². The number of nitrogens with one attached hydrogen (secondary N) is 2. The molecule has 2 aliphatic rings. The third-order valence-electron chi connectivity index (χ3n) is 7.88. The van der Waals surface area contributed by atoms with E-state index in [1.54, 1.807) is 0 Å². The molecule has 3 aromatic rings. The Kier molecular flexibility index (Phi) is 8.51. The summed E-state index contributed by atoms with van der Waals surface area (Å²) in [6.45, 7) is 12.4. The quantitative estimate of drug-likeness (QED) is 0.415. The number of aryl methyl sites for hydroxylation is 2. The summed E-state index contributed by atoms with van der Waals surface area (Å²) in [5, 5.41) is 7.49. The molecular weight excluding hydrogens is 448 g/mol. The summed E-state index contributed by atoms with van der Waals surface area (Å²) in [6, 6.07) is 11.6. The first-order valence-corrected chi connectivity index (χ1v) is 13.9. The van der Waals surface area contributed by atoms with E-state index in [1.807, 2.05) is 12.3 Å². The van der Waals surface area contributed by atoms with Gasteiger partial charge in [0.15, 0.2) is 5.65 Å². The Morgan fingerprint density at radius 3 is 2.56 bits per heavy atom. The molecule has 194 valence electrons. The van der Waals surface area contributed by atoms with E-state index in [0.29, 0.717) is 6.04 Å². The molecule has 0 unspecified atom stereocenters. The maximum atomic E-state index is 5.43. The topological polar surface area (TPSA) is 67.2 Å². The number of benzene rings is 1. The van der Waals surface area contributed by atoms with Gasteiger partial charge in [0.2, 0.25) is 0 Å². The minimum absolute atomic E-state index is 0.580. The van der Waals surface area contributed by atoms with E-state index in [9.17, 15) is 0 Å². The minimum Gasteiger partial charge on any atom is -0.382 e. The average Bonchev–Trinajstić information content (AvgIpc) is 3.28. The summed E-state index contributed by atoms with van der Waals surface area (Å²) >= 11 is 0. The fraction of sp³-hybridized carbons (Fsp3) is 0.586. The summed E-state index contributed by atoms with van der Waals surface area (Å²) in [7, 11) is 0. The van der Waals surface area contributed by atoms with Crippen LogP contribution in [0.2, 0.25) is 0 Å². The molecule has 3 heterocycles. The van der Waals surface area contributed by atoms with E-state index in [4.69, 9.17) is 9.72 Å². The molecule has 0 atom stereocenters. The van der Waals surface area contributed by atoms with Gasteiger partial charge in [-0.05, 0) is 74.4 Å². The minimum atomic E-state index is 0.580. The molecule has 0 spiro atoms. The standard InChI is InChI=1S/C29H42N6O/c1-3-27-33-28-22(2)12-13-31-29(28)35(27)21-24-6-10-26(11-7-24)32-25-8-4-23(5-9-25)20-30-14-15-34-16-18-36-19-17-34/h6-7,10-13,23,25,30,32H,3-5,8-9,14-21H2,1-2H3/t23-,25-. The van der Waals surface area contributed by atoms with E-state index in [0.717, 1.165) is 81.8 Å². The van der Waals surface area contributed by atoms with E-state index < -0.39 is 0 Å². The third-order valence-corrected chi connectivity index (χ3v) is 7.88. The molecule has 0 amide bonds. The first-order chi connectivity index (χ1) is 17.7. The molecule has 5 rings (SSSR count). The Hall–Kier alpha value is -2.48. The van der Waals surface area contributed by atoms with Crippen LogP contribution in [-0.2, 0) is 17.7 Å². The molecule has 2 N–H and O–H groups in total. The van der Waals surface area contributed by atoms with Crippen LogP contribution in [0.15, 0.2) is 36.5 Å². The Labute approximate surface area is 215 Å². The maximum Gasteiger partial charge on any atom is 0.160 e. The highest BCUT2D eigenvalue weighted by molar-refractivity contribution is 5.75. The van der Waals surface area contributed by atoms with Gasteiger partial charge >= 0.3 is 0 Å². The smallest absolute Gasteiger partial charge is 0.160 e. The molecule has 0 radical (unpaired) electrons. The lowest BCUT2D eigenvalue weighted by Crippen LogP contribution is -2.41. The first-order valence-electron chi connectivity index (χ1n) is 13.9. The lowest BCUT2D eigenvalue weighted by molar-refractivity contribution is 0.0383. The van der Waals surface area contributed by atoms with Crippen LogP contribution in [0.1, 0.15) is 49.6 Å². The van der Waals surface area contributed by atoms with Crippen molar-refractivity contribution in [3.8, 4) is 0 Å². The number of fused-ring (bicyclic) bond motifs is 1. The monoisotopic (exact) mass is 490 g/mol. The third kappa shape index (κ3) is 6.25. The van der Waals surface area contributed by atoms with Crippen molar-refractivity contribution in [3.63, 3.8) is 0 Å². The second-order valence-electron chi connectivity index (χ2n) is 10.5. The Bertz CT molecular complexity index is 1100. The Balaban J connectivity index is 1.07. The van der Waals surface area contributed by atoms with Gasteiger partial charge in [0.25, 0.3) is 0 Å². The normalized spacial score (nSPS) is 21.2. The molecule has 7 heteroatoms. The SMILES string of the molecule is CCc1nc2c(C)ccnc2n1Cc1ccc(N[C@H]2CC[C@H](CNCCN3CCOCC3)CC2)cc1. The zero-order valence-electron chi connectivity index (χ0n) is 22.0. The number of anilines is 1. The van der Waals surface area contributed by atoms with Crippen molar-refractivity contribution in [3.05, 3.63) is 53.5 Å². The molecule has 1 saturated heterocycles. The van der Waals surface area contributed by atoms with Gasteiger partial charge in [0, 0.05) is 50.5 Å². The average molecular weight is 491 g/mol. The fourth-order valence-electron chi connectivity index (χ4n) is 5.62. The molecule has 36 heavy (non-hydrogen) atoms. The molecule has 1 saturated carbocycles. The predicted octanol–water partition coefficient (Wildman–Crippen LogP) is 4.24. The van der Waals surface area contributed by atoms with Gasteiger partial charge in [-0.2, -0.15) is 0 Å². The van der Waals surface area contributed by atoms with Crippen molar-refractivity contribution in [2.45, 2.75) is 58.5 Å². The molecule has 1 aliphatic carbocycles. The molecule has 2 fully saturated rings. The van der Waals surface area contributed by atoms with Crippen molar-refractivity contribution in [2.24, 2.45) is 5.92 Å². The Morgan fingerprint density at radius 2 is 1.81 bits per heavy atom. The summed E-state index contributed by atoms with van der Waals surface area (Å²) < 4.78 is 7.70. The number of imidazole rings is 1. The molecule has 1 aromatic carbocycles. The van der Waals surface area contributed by atoms with Crippen LogP contribution in [0.25, 0.3) is 11.2 Å². The number of aromatic nitrogens is 3. The highest BCUT2D eigenvalue weighted by Crippen LogP contribution is 2.27. The molecule has 2 aromatic heterocycles. The van der Waals surface area contributed by atoms with Gasteiger partial charge in [-0.15, -0.1) is 0 Å². The molecule has 7 nitrogen and oxygen atoms in total. The van der Waals surface area contributed by atoms with Gasteiger partial charge in [0.1, 0.15) is 11.3 Å². The number of hydrogen-bond acceptors (Lipinski definition) is 6. The van der Waals surface area contributed by atoms with Crippen LogP contribution in [0, 0.1) is 12.8 Å². The van der Waals surface area contributed by atoms with Crippen molar-refractivity contribution in [1.82, 2.24) is 24.8 Å². The van der Waals surface area contributed by atoms with Gasteiger partial charge in [-0.1, -0.05) is 19.1 Å². The van der Waals surface area contributed by atoms with Gasteiger partial charge in [-0.25, -0.2) is 9.97 Å². The summed E-state index contributed by atoms with van der Waals surface area (Å²) in [6.07, 6.45) is 7.91. The maximum absolute atomic E-state index is 5.43. The van der Waals surface area contributed by atoms with E-state index in [2.05, 4.69) is 63.2 Å². The lowest BCUT2D eigenvalue weighted by atomic mass is 9.86. The second kappa shape index (κ2) is 12.2. The van der Waals surface area contributed by atoms with E-state index in [1.165, 1.54) is 42.5 Å². The summed E-state index contributed by atoms with van der Waals surface area (Å²) in [5.41, 5.74) is 5.71. The van der Waals surface area contributed by atoms with Crippen LogP contribution in [0.5, 0.6) is 0 Å². The number of pyridine rings is 1. The van der Waals surface area contributed by atoms with Crippen molar-refractivity contribution >= 4 is 16.9 Å². The number of hydrogen-bond donors (Lipinski definition) is 2. The fourth-order valence-corrected chi connectivity index (χ4v) is 5.62. The Morgan fingerprint density at radius 1 is 1.03 bits per heavy atom. The number of rotatable bonds is 10. The number of morpholine rings is 1. The van der Waals surface area contributed by atoms with Crippen LogP contribution in [0.4, 0.5) is 5.69 Å². The lowest BCUT2D eigenvalue weighted by Gasteiger charge is -2.30. The van der Waals surface area contributed by atoms with Crippen molar-refractivity contribution < 1.29 is 4.74 Å².